The number of hydrogen-bond donors (Lipinski definition) is 3. The molecule has 3 N–H and O–H groups in total. The highest BCUT2D eigenvalue weighted by Gasteiger charge is 2.50. The van der Waals surface area contributed by atoms with E-state index in [-0.39, 0.29) is 24.3 Å². The lowest BCUT2D eigenvalue weighted by molar-refractivity contribution is -0.155. The number of nitrogens with zero attached hydrogens (tertiary/aromatic N) is 2. The predicted molar refractivity (Wildman–Crippen MR) is 150 cm³/mol. The molecule has 2 atom stereocenters. The van der Waals surface area contributed by atoms with Gasteiger partial charge in [-0.15, -0.1) is 0 Å². The standard InChI is InChI=1S/C29H39ClN4O4/c1-19(2)25(32-26(36)20-8-7-9-23(16-20)31-24(35)17-33(5)6)27(37)34-15-14-29(38,28(3,4)18-34)21-10-12-22(30)13-11-21/h7-13,16,19,25,38H,14-15,17-18H2,1-6H3,(H,31,35)(H,32,36). The van der Waals surface area contributed by atoms with Gasteiger partial charge in [-0.2, -0.15) is 0 Å². The van der Waals surface area contributed by atoms with Gasteiger partial charge in [0.15, 0.2) is 0 Å². The normalized spacial score (nSPS) is 19.8. The van der Waals surface area contributed by atoms with Gasteiger partial charge in [-0.3, -0.25) is 14.4 Å². The number of anilines is 1. The van der Waals surface area contributed by atoms with Crippen LogP contribution in [0.1, 0.15) is 50.0 Å². The van der Waals surface area contributed by atoms with Crippen molar-refractivity contribution in [2.45, 2.75) is 45.8 Å². The van der Waals surface area contributed by atoms with Crippen molar-refractivity contribution < 1.29 is 19.5 Å². The van der Waals surface area contributed by atoms with Gasteiger partial charge in [0.05, 0.1) is 12.1 Å². The van der Waals surface area contributed by atoms with Crippen molar-refractivity contribution in [2.24, 2.45) is 11.3 Å². The third kappa shape index (κ3) is 6.73. The summed E-state index contributed by atoms with van der Waals surface area (Å²) in [6.07, 6.45) is 0.362. The third-order valence-electron chi connectivity index (χ3n) is 7.17. The Morgan fingerprint density at radius 2 is 1.76 bits per heavy atom. The fourth-order valence-electron chi connectivity index (χ4n) is 4.93. The van der Waals surface area contributed by atoms with Gasteiger partial charge >= 0.3 is 0 Å². The topological polar surface area (TPSA) is 102 Å². The number of rotatable bonds is 8. The second kappa shape index (κ2) is 11.8. The fourth-order valence-corrected chi connectivity index (χ4v) is 5.06. The Balaban J connectivity index is 1.72. The van der Waals surface area contributed by atoms with Crippen LogP contribution in [0.15, 0.2) is 48.5 Å². The van der Waals surface area contributed by atoms with Crippen molar-refractivity contribution in [1.82, 2.24) is 15.1 Å². The number of likely N-dealkylation sites (tertiary alicyclic amines) is 1. The van der Waals surface area contributed by atoms with E-state index in [4.69, 9.17) is 11.6 Å². The molecule has 0 aliphatic carbocycles. The first-order chi connectivity index (χ1) is 17.7. The molecule has 1 heterocycles. The molecule has 0 saturated carbocycles. The molecule has 2 aromatic carbocycles. The van der Waals surface area contributed by atoms with Crippen LogP contribution in [0.2, 0.25) is 5.02 Å². The van der Waals surface area contributed by atoms with Gasteiger partial charge < -0.3 is 25.5 Å². The van der Waals surface area contributed by atoms with Gasteiger partial charge in [-0.25, -0.2) is 0 Å². The molecule has 3 rings (SSSR count). The van der Waals surface area contributed by atoms with E-state index in [0.29, 0.717) is 35.8 Å². The van der Waals surface area contributed by atoms with Gasteiger partial charge in [-0.1, -0.05) is 57.5 Å². The largest absolute Gasteiger partial charge is 0.384 e. The van der Waals surface area contributed by atoms with Gasteiger partial charge in [-0.05, 0) is 62.3 Å². The number of halogens is 1. The first kappa shape index (κ1) is 29.6. The summed E-state index contributed by atoms with van der Waals surface area (Å²) < 4.78 is 0. The van der Waals surface area contributed by atoms with Crippen LogP contribution < -0.4 is 10.6 Å². The van der Waals surface area contributed by atoms with Crippen LogP contribution in [0.25, 0.3) is 0 Å². The number of benzene rings is 2. The molecule has 2 unspecified atom stereocenters. The van der Waals surface area contributed by atoms with Crippen LogP contribution in [0.4, 0.5) is 5.69 Å². The Morgan fingerprint density at radius 1 is 1.11 bits per heavy atom. The van der Waals surface area contributed by atoms with Crippen molar-refractivity contribution >= 4 is 35.0 Å². The average Bonchev–Trinajstić information content (AvgIpc) is 2.83. The molecule has 1 aliphatic rings. The van der Waals surface area contributed by atoms with Crippen molar-refractivity contribution in [3.05, 3.63) is 64.7 Å². The van der Waals surface area contributed by atoms with E-state index in [1.807, 2.05) is 39.8 Å². The Bertz CT molecular complexity index is 1170. The van der Waals surface area contributed by atoms with Crippen LogP contribution in [-0.4, -0.2) is 72.4 Å². The Kier molecular flexibility index (Phi) is 9.23. The Morgan fingerprint density at radius 3 is 2.34 bits per heavy atom. The van der Waals surface area contributed by atoms with E-state index < -0.39 is 23.0 Å². The summed E-state index contributed by atoms with van der Waals surface area (Å²) in [7, 11) is 3.60. The summed E-state index contributed by atoms with van der Waals surface area (Å²) in [4.78, 5) is 42.4. The lowest BCUT2D eigenvalue weighted by Gasteiger charge is -2.51. The Hall–Kier alpha value is -2.94. The third-order valence-corrected chi connectivity index (χ3v) is 7.42. The summed E-state index contributed by atoms with van der Waals surface area (Å²) in [5, 5.41) is 17.9. The molecule has 0 radical (unpaired) electrons. The van der Waals surface area contributed by atoms with Crippen LogP contribution in [0, 0.1) is 11.3 Å². The summed E-state index contributed by atoms with van der Waals surface area (Å²) in [5.41, 5.74) is -0.134. The summed E-state index contributed by atoms with van der Waals surface area (Å²) in [6.45, 7) is 8.57. The van der Waals surface area contributed by atoms with Crippen molar-refractivity contribution in [3.63, 3.8) is 0 Å². The first-order valence-electron chi connectivity index (χ1n) is 12.9. The van der Waals surface area contributed by atoms with E-state index in [1.165, 1.54) is 0 Å². The molecule has 3 amide bonds. The van der Waals surface area contributed by atoms with Crippen LogP contribution in [-0.2, 0) is 15.2 Å². The number of nitrogens with one attached hydrogen (secondary N) is 2. The zero-order valence-electron chi connectivity index (χ0n) is 23.0. The van der Waals surface area contributed by atoms with E-state index in [0.717, 1.165) is 5.56 Å². The van der Waals surface area contributed by atoms with Gasteiger partial charge in [0.1, 0.15) is 6.04 Å². The maximum Gasteiger partial charge on any atom is 0.252 e. The smallest absolute Gasteiger partial charge is 0.252 e. The second-order valence-electron chi connectivity index (χ2n) is 11.3. The van der Waals surface area contributed by atoms with E-state index >= 15 is 0 Å². The van der Waals surface area contributed by atoms with Crippen LogP contribution in [0.5, 0.6) is 0 Å². The molecule has 206 valence electrons. The van der Waals surface area contributed by atoms with Crippen molar-refractivity contribution in [1.29, 1.82) is 0 Å². The number of amides is 3. The van der Waals surface area contributed by atoms with Crippen molar-refractivity contribution in [3.8, 4) is 0 Å². The molecule has 38 heavy (non-hydrogen) atoms. The molecule has 0 spiro atoms. The highest BCUT2D eigenvalue weighted by molar-refractivity contribution is 6.30. The predicted octanol–water partition coefficient (Wildman–Crippen LogP) is 3.74. The lowest BCUT2D eigenvalue weighted by atomic mass is 9.66. The minimum Gasteiger partial charge on any atom is -0.384 e. The van der Waals surface area contributed by atoms with E-state index in [1.54, 1.807) is 60.3 Å². The number of carbonyl (C=O) groups is 3. The number of hydrogen-bond acceptors (Lipinski definition) is 5. The van der Waals surface area contributed by atoms with Crippen LogP contribution >= 0.6 is 11.6 Å². The SMILES string of the molecule is CC(C)C(NC(=O)c1cccc(NC(=O)CN(C)C)c1)C(=O)N1CCC(O)(c2ccc(Cl)cc2)C(C)(C)C1. The highest BCUT2D eigenvalue weighted by Crippen LogP contribution is 2.46. The minimum absolute atomic E-state index is 0.158. The maximum absolute atomic E-state index is 13.7. The molecule has 0 bridgehead atoms. The second-order valence-corrected chi connectivity index (χ2v) is 11.8. The quantitative estimate of drug-likeness (QED) is 0.471. The summed E-state index contributed by atoms with van der Waals surface area (Å²) in [6, 6.07) is 13.1. The maximum atomic E-state index is 13.7. The molecular formula is C29H39ClN4O4. The average molecular weight is 543 g/mol. The first-order valence-corrected chi connectivity index (χ1v) is 13.2. The molecular weight excluding hydrogens is 504 g/mol. The summed E-state index contributed by atoms with van der Waals surface area (Å²) >= 11 is 6.04. The van der Waals surface area contributed by atoms with Crippen molar-refractivity contribution in [2.75, 3.05) is 39.0 Å². The minimum atomic E-state index is -1.12. The molecule has 1 aliphatic heterocycles. The number of aliphatic hydroxyl groups is 1. The summed E-state index contributed by atoms with van der Waals surface area (Å²) in [5.74, 6) is -0.923. The number of piperidine rings is 1. The number of likely N-dealkylation sites (N-methyl/N-ethyl adjacent to an activating group) is 1. The van der Waals surface area contributed by atoms with Gasteiger partial charge in [0, 0.05) is 34.8 Å². The Labute approximate surface area is 230 Å². The molecule has 1 saturated heterocycles. The van der Waals surface area contributed by atoms with Crippen LogP contribution in [0.3, 0.4) is 0 Å². The van der Waals surface area contributed by atoms with Gasteiger partial charge in [0.25, 0.3) is 5.91 Å². The molecule has 8 nitrogen and oxygen atoms in total. The highest BCUT2D eigenvalue weighted by atomic mass is 35.5. The fraction of sp³-hybridized carbons (Fsp3) is 0.483. The number of carbonyl (C=O) groups excluding carboxylic acids is 3. The monoisotopic (exact) mass is 542 g/mol. The van der Waals surface area contributed by atoms with E-state index in [9.17, 15) is 19.5 Å². The molecule has 1 fully saturated rings. The van der Waals surface area contributed by atoms with E-state index in [2.05, 4.69) is 10.6 Å². The molecule has 0 aromatic heterocycles. The zero-order valence-corrected chi connectivity index (χ0v) is 23.8. The van der Waals surface area contributed by atoms with Gasteiger partial charge in [0.2, 0.25) is 11.8 Å². The molecule has 9 heteroatoms. The lowest BCUT2D eigenvalue weighted by Crippen LogP contribution is -2.60. The zero-order chi connectivity index (χ0) is 28.3. The molecule has 2 aromatic rings.